The third-order valence-electron chi connectivity index (χ3n) is 4.48. The molecule has 16 heteroatoms. The highest BCUT2D eigenvalue weighted by Gasteiger charge is 2.47. The van der Waals surface area contributed by atoms with Crippen LogP contribution in [0.25, 0.3) is 11.0 Å². The molecule has 13 nitrogen and oxygen atoms in total. The maximum Gasteiger partial charge on any atom is 0.333 e. The summed E-state index contributed by atoms with van der Waals surface area (Å²) in [6.07, 6.45) is -3.92. The maximum atomic E-state index is 14.9. The van der Waals surface area contributed by atoms with Crippen LogP contribution < -0.4 is 10.9 Å². The van der Waals surface area contributed by atoms with E-state index in [9.17, 15) is 17.9 Å². The number of nitrogens with zero attached hydrogens (tertiary/aromatic N) is 6. The van der Waals surface area contributed by atoms with Crippen LogP contribution in [-0.4, -0.2) is 63.2 Å². The molecular formula is C16H15FN8O5S2. The Balaban J connectivity index is 1.70. The summed E-state index contributed by atoms with van der Waals surface area (Å²) in [5.41, 5.74) is 6.48. The van der Waals surface area contributed by atoms with E-state index >= 15 is 0 Å². The summed E-state index contributed by atoms with van der Waals surface area (Å²) in [7, 11) is -4.32. The number of anilines is 1. The van der Waals surface area contributed by atoms with Crippen molar-refractivity contribution in [2.24, 2.45) is 5.14 Å². The van der Waals surface area contributed by atoms with Crippen LogP contribution in [-0.2, 0) is 19.2 Å². The third kappa shape index (κ3) is 4.34. The lowest BCUT2D eigenvalue weighted by Gasteiger charge is -2.14. The van der Waals surface area contributed by atoms with Gasteiger partial charge in [-0.25, -0.2) is 29.2 Å². The smallest absolute Gasteiger partial charge is 0.333 e. The highest BCUT2D eigenvalue weighted by atomic mass is 32.2. The van der Waals surface area contributed by atoms with Gasteiger partial charge in [-0.2, -0.15) is 18.8 Å². The number of fused-ring (bicyclic) bond motifs is 1. The molecule has 5 N–H and O–H groups in total. The molecule has 0 spiro atoms. The summed E-state index contributed by atoms with van der Waals surface area (Å²) in [5.74, 6) is 0.0586. The van der Waals surface area contributed by atoms with Crippen molar-refractivity contribution in [3.63, 3.8) is 0 Å². The average Bonchev–Trinajstić information content (AvgIpc) is 3.25. The number of ether oxygens (including phenoxy) is 1. The predicted molar refractivity (Wildman–Crippen MR) is 107 cm³/mol. The SMILES string of the molecule is N#Cc1ccnc(Sc2nn([C@@H]3O[C@H](COS(N)(=O)=O)[C@@H](O)[C@@H]3F)c3ncnc(N)c23)c1. The minimum absolute atomic E-state index is 0.0586. The number of nitrogen functional groups attached to an aromatic ring is 1. The Morgan fingerprint density at radius 3 is 2.91 bits per heavy atom. The van der Waals surface area contributed by atoms with Gasteiger partial charge in [0.25, 0.3) is 0 Å². The number of rotatable bonds is 6. The Morgan fingerprint density at radius 2 is 2.19 bits per heavy atom. The molecule has 168 valence electrons. The highest BCUT2D eigenvalue weighted by Crippen LogP contribution is 2.38. The maximum absolute atomic E-state index is 14.9. The second-order valence-corrected chi connectivity index (χ2v) is 8.81. The van der Waals surface area contributed by atoms with Crippen molar-refractivity contribution in [3.05, 3.63) is 30.2 Å². The lowest BCUT2D eigenvalue weighted by Crippen LogP contribution is -2.33. The van der Waals surface area contributed by atoms with Crippen molar-refractivity contribution < 1.29 is 26.8 Å². The molecule has 0 aromatic carbocycles. The number of hydrogen-bond donors (Lipinski definition) is 3. The first kappa shape index (κ1) is 22.3. The zero-order valence-electron chi connectivity index (χ0n) is 15.9. The summed E-state index contributed by atoms with van der Waals surface area (Å²) in [4.78, 5) is 12.2. The largest absolute Gasteiger partial charge is 0.387 e. The van der Waals surface area contributed by atoms with Crippen LogP contribution in [0.15, 0.2) is 34.7 Å². The summed E-state index contributed by atoms with van der Waals surface area (Å²) < 4.78 is 47.9. The Hall–Kier alpha value is -2.94. The third-order valence-corrected chi connectivity index (χ3v) is 5.86. The molecule has 1 aliphatic rings. The van der Waals surface area contributed by atoms with Gasteiger partial charge >= 0.3 is 10.3 Å². The van der Waals surface area contributed by atoms with Crippen LogP contribution in [0.3, 0.4) is 0 Å². The minimum Gasteiger partial charge on any atom is -0.387 e. The summed E-state index contributed by atoms with van der Waals surface area (Å²) in [6, 6.07) is 5.06. The molecule has 1 fully saturated rings. The second-order valence-electron chi connectivity index (χ2n) is 6.58. The van der Waals surface area contributed by atoms with Gasteiger partial charge < -0.3 is 15.6 Å². The van der Waals surface area contributed by atoms with E-state index in [-0.39, 0.29) is 21.9 Å². The predicted octanol–water partition coefficient (Wildman–Crippen LogP) is -0.357. The molecule has 4 atom stereocenters. The van der Waals surface area contributed by atoms with Crippen LogP contribution >= 0.6 is 11.8 Å². The van der Waals surface area contributed by atoms with Crippen LogP contribution in [0, 0.1) is 11.3 Å². The lowest BCUT2D eigenvalue weighted by molar-refractivity contribution is -0.0456. The van der Waals surface area contributed by atoms with Gasteiger partial charge in [0.05, 0.1) is 23.6 Å². The number of aliphatic hydroxyl groups excluding tert-OH is 1. The Labute approximate surface area is 184 Å². The molecular weight excluding hydrogens is 467 g/mol. The zero-order valence-corrected chi connectivity index (χ0v) is 17.6. The summed E-state index contributed by atoms with van der Waals surface area (Å²) in [6.45, 7) is -0.695. The van der Waals surface area contributed by atoms with Crippen molar-refractivity contribution in [1.82, 2.24) is 24.7 Å². The quantitative estimate of drug-likeness (QED) is 0.412. The van der Waals surface area contributed by atoms with Gasteiger partial charge in [-0.1, -0.05) is 0 Å². The van der Waals surface area contributed by atoms with Gasteiger partial charge in [0.15, 0.2) is 18.0 Å². The van der Waals surface area contributed by atoms with Crippen LogP contribution in [0.4, 0.5) is 10.2 Å². The fraction of sp³-hybridized carbons (Fsp3) is 0.312. The van der Waals surface area contributed by atoms with E-state index in [1.165, 1.54) is 18.3 Å². The molecule has 1 saturated heterocycles. The van der Waals surface area contributed by atoms with E-state index < -0.39 is 41.5 Å². The number of halogens is 1. The molecule has 0 unspecified atom stereocenters. The number of hydrogen-bond acceptors (Lipinski definition) is 12. The van der Waals surface area contributed by atoms with E-state index in [4.69, 9.17) is 20.9 Å². The molecule has 4 rings (SSSR count). The number of nitrogens with two attached hydrogens (primary N) is 2. The van der Waals surface area contributed by atoms with Crippen molar-refractivity contribution in [1.29, 1.82) is 5.26 Å². The molecule has 4 heterocycles. The molecule has 32 heavy (non-hydrogen) atoms. The average molecular weight is 482 g/mol. The van der Waals surface area contributed by atoms with Crippen molar-refractivity contribution in [3.8, 4) is 6.07 Å². The fourth-order valence-corrected chi connectivity index (χ4v) is 4.29. The number of pyridine rings is 1. The van der Waals surface area contributed by atoms with Crippen molar-refractivity contribution in [2.45, 2.75) is 34.7 Å². The lowest BCUT2D eigenvalue weighted by atomic mass is 10.1. The van der Waals surface area contributed by atoms with E-state index in [1.807, 2.05) is 6.07 Å². The molecule has 1 aliphatic heterocycles. The fourth-order valence-electron chi connectivity index (χ4n) is 3.05. The minimum atomic E-state index is -4.32. The first-order chi connectivity index (χ1) is 15.2. The number of aromatic nitrogens is 5. The van der Waals surface area contributed by atoms with Crippen molar-refractivity contribution in [2.75, 3.05) is 12.3 Å². The molecule has 0 amide bonds. The number of alkyl halides is 1. The normalized spacial score (nSPS) is 23.4. The Bertz CT molecular complexity index is 1310. The van der Waals surface area contributed by atoms with Gasteiger partial charge in [0.2, 0.25) is 0 Å². The van der Waals surface area contributed by atoms with Crippen LogP contribution in [0.1, 0.15) is 11.8 Å². The monoisotopic (exact) mass is 482 g/mol. The van der Waals surface area contributed by atoms with Crippen molar-refractivity contribution >= 4 is 38.9 Å². The number of nitriles is 1. The Morgan fingerprint density at radius 1 is 1.41 bits per heavy atom. The molecule has 0 saturated carbocycles. The molecule has 3 aromatic heterocycles. The molecule has 0 radical (unpaired) electrons. The summed E-state index contributed by atoms with van der Waals surface area (Å²) >= 11 is 1.04. The van der Waals surface area contributed by atoms with E-state index in [0.717, 1.165) is 22.8 Å². The first-order valence-electron chi connectivity index (χ1n) is 8.85. The van der Waals surface area contributed by atoms with E-state index in [2.05, 4.69) is 24.2 Å². The van der Waals surface area contributed by atoms with E-state index in [0.29, 0.717) is 10.6 Å². The van der Waals surface area contributed by atoms with Gasteiger partial charge in [0.1, 0.15) is 34.4 Å². The van der Waals surface area contributed by atoms with Gasteiger partial charge in [0, 0.05) is 6.20 Å². The first-order valence-corrected chi connectivity index (χ1v) is 11.1. The molecule has 3 aromatic rings. The Kier molecular flexibility index (Phi) is 5.94. The highest BCUT2D eigenvalue weighted by molar-refractivity contribution is 7.99. The van der Waals surface area contributed by atoms with Gasteiger partial charge in [-0.3, -0.25) is 4.18 Å². The standard InChI is InChI=1S/C16H15FN8O5S2/c17-11-12(26)8(5-29-32(20,27)28)30-16(11)25-14-10(13(19)22-6-23-14)15(24-25)31-9-3-7(4-18)1-2-21-9/h1-3,6,8,11-12,16,26H,5H2,(H2,19,22,23)(H2,20,27,28)/t8-,11+,12-,16-/m1/s1. The topological polar surface area (TPSA) is 205 Å². The van der Waals surface area contributed by atoms with E-state index in [1.54, 1.807) is 0 Å². The zero-order chi connectivity index (χ0) is 23.0. The second kappa shape index (κ2) is 8.54. The van der Waals surface area contributed by atoms with Crippen LogP contribution in [0.2, 0.25) is 0 Å². The summed E-state index contributed by atoms with van der Waals surface area (Å²) in [5, 5.41) is 29.3. The molecule has 0 aliphatic carbocycles. The molecule has 0 bridgehead atoms. The number of aliphatic hydroxyl groups is 1. The van der Waals surface area contributed by atoms with Gasteiger partial charge in [-0.15, -0.1) is 0 Å². The van der Waals surface area contributed by atoms with Gasteiger partial charge in [-0.05, 0) is 23.9 Å². The van der Waals surface area contributed by atoms with Crippen LogP contribution in [0.5, 0.6) is 0 Å².